The molecule has 0 fully saturated rings. The smallest absolute Gasteiger partial charge is 0.0489 e. The van der Waals surface area contributed by atoms with Gasteiger partial charge < -0.3 is 11.1 Å². The van der Waals surface area contributed by atoms with Gasteiger partial charge in [0, 0.05) is 41.3 Å². The van der Waals surface area contributed by atoms with Crippen LogP contribution in [0.5, 0.6) is 0 Å². The summed E-state index contributed by atoms with van der Waals surface area (Å²) in [6.07, 6.45) is 4.79. The molecule has 3 N–H and O–H groups in total. The number of hydrogen-bond donors (Lipinski definition) is 2. The van der Waals surface area contributed by atoms with Gasteiger partial charge in [-0.15, -0.1) is 0 Å². The molecule has 1 heterocycles. The number of aromatic nitrogens is 2. The van der Waals surface area contributed by atoms with E-state index in [9.17, 15) is 0 Å². The molecule has 0 spiro atoms. The first-order valence-corrected chi connectivity index (χ1v) is 6.31. The molecular weight excluding hydrogens is 280 g/mol. The van der Waals surface area contributed by atoms with E-state index in [4.69, 9.17) is 5.73 Å². The van der Waals surface area contributed by atoms with Crippen LogP contribution in [-0.2, 0) is 6.54 Å². The van der Waals surface area contributed by atoms with Crippen molar-refractivity contribution in [3.8, 4) is 0 Å². The van der Waals surface area contributed by atoms with Crippen molar-refractivity contribution in [1.29, 1.82) is 0 Å². The number of anilines is 2. The van der Waals surface area contributed by atoms with Crippen molar-refractivity contribution in [3.05, 3.63) is 41.1 Å². The summed E-state index contributed by atoms with van der Waals surface area (Å²) >= 11 is 3.48. The lowest BCUT2D eigenvalue weighted by Crippen LogP contribution is -2.07. The number of hydrogen-bond acceptors (Lipinski definition) is 3. The summed E-state index contributed by atoms with van der Waals surface area (Å²) in [6.45, 7) is 1.83. The zero-order chi connectivity index (χ0) is 12.1. The number of nitrogens with zero attached hydrogens (tertiary/aromatic N) is 2. The molecule has 1 aromatic heterocycles. The van der Waals surface area contributed by atoms with Crippen LogP contribution in [0, 0.1) is 0 Å². The minimum Gasteiger partial charge on any atom is -0.399 e. The summed E-state index contributed by atoms with van der Waals surface area (Å²) in [6, 6.07) is 7.70. The maximum atomic E-state index is 5.68. The van der Waals surface area contributed by atoms with Gasteiger partial charge in [-0.3, -0.25) is 4.68 Å². The Labute approximate surface area is 109 Å². The third-order valence-electron chi connectivity index (χ3n) is 2.43. The third kappa shape index (κ3) is 3.49. The molecule has 2 aromatic rings. The average Bonchev–Trinajstić information content (AvgIpc) is 2.79. The van der Waals surface area contributed by atoms with Gasteiger partial charge in [0.05, 0.1) is 0 Å². The molecule has 0 aliphatic carbocycles. The molecule has 0 radical (unpaired) electrons. The van der Waals surface area contributed by atoms with E-state index in [-0.39, 0.29) is 0 Å². The van der Waals surface area contributed by atoms with Gasteiger partial charge in [0.2, 0.25) is 0 Å². The maximum Gasteiger partial charge on any atom is 0.0489 e. The van der Waals surface area contributed by atoms with Crippen molar-refractivity contribution in [3.63, 3.8) is 0 Å². The second kappa shape index (κ2) is 5.72. The van der Waals surface area contributed by atoms with Gasteiger partial charge in [-0.05, 0) is 46.6 Å². The highest BCUT2D eigenvalue weighted by Gasteiger charge is 1.99. The third-order valence-corrected chi connectivity index (χ3v) is 3.09. The van der Waals surface area contributed by atoms with Crippen LogP contribution in [0.4, 0.5) is 11.4 Å². The predicted octanol–water partition coefficient (Wildman–Crippen LogP) is 2.73. The van der Waals surface area contributed by atoms with Crippen molar-refractivity contribution in [2.45, 2.75) is 13.0 Å². The van der Waals surface area contributed by atoms with Crippen molar-refractivity contribution in [2.75, 3.05) is 17.6 Å². The molecule has 0 bridgehead atoms. The highest BCUT2D eigenvalue weighted by Crippen LogP contribution is 2.24. The highest BCUT2D eigenvalue weighted by molar-refractivity contribution is 9.10. The molecule has 1 aromatic carbocycles. The lowest BCUT2D eigenvalue weighted by atomic mass is 10.3. The van der Waals surface area contributed by atoms with E-state index in [2.05, 4.69) is 26.3 Å². The summed E-state index contributed by atoms with van der Waals surface area (Å²) in [4.78, 5) is 0. The van der Waals surface area contributed by atoms with Crippen molar-refractivity contribution in [2.24, 2.45) is 0 Å². The van der Waals surface area contributed by atoms with Crippen LogP contribution >= 0.6 is 15.9 Å². The minimum atomic E-state index is 0.763. The second-order valence-corrected chi connectivity index (χ2v) is 4.64. The van der Waals surface area contributed by atoms with E-state index in [1.54, 1.807) is 6.20 Å². The van der Waals surface area contributed by atoms with Gasteiger partial charge in [0.15, 0.2) is 0 Å². The van der Waals surface area contributed by atoms with Crippen molar-refractivity contribution in [1.82, 2.24) is 9.78 Å². The van der Waals surface area contributed by atoms with Crippen LogP contribution in [0.3, 0.4) is 0 Å². The first-order chi connectivity index (χ1) is 8.25. The monoisotopic (exact) mass is 294 g/mol. The number of rotatable bonds is 5. The van der Waals surface area contributed by atoms with E-state index >= 15 is 0 Å². The van der Waals surface area contributed by atoms with Crippen LogP contribution in [-0.4, -0.2) is 16.3 Å². The van der Waals surface area contributed by atoms with Crippen LogP contribution in [0.15, 0.2) is 41.1 Å². The fourth-order valence-electron chi connectivity index (χ4n) is 1.57. The molecule has 0 aliphatic rings. The molecule has 90 valence electrons. The Morgan fingerprint density at radius 2 is 2.29 bits per heavy atom. The van der Waals surface area contributed by atoms with Gasteiger partial charge >= 0.3 is 0 Å². The fourth-order valence-corrected chi connectivity index (χ4v) is 2.11. The zero-order valence-electron chi connectivity index (χ0n) is 9.44. The first kappa shape index (κ1) is 12.0. The fraction of sp³-hybridized carbons (Fsp3) is 0.250. The van der Waals surface area contributed by atoms with Crippen molar-refractivity contribution >= 4 is 27.3 Å². The molecule has 0 saturated carbocycles. The SMILES string of the molecule is Nc1ccc(NCCCn2cccn2)c(Br)c1. The van der Waals surface area contributed by atoms with Gasteiger partial charge in [-0.1, -0.05) is 0 Å². The Balaban J connectivity index is 1.78. The average molecular weight is 295 g/mol. The largest absolute Gasteiger partial charge is 0.399 e. The number of nitrogens with two attached hydrogens (primary N) is 1. The standard InChI is InChI=1S/C12H15BrN4/c13-11-9-10(14)3-4-12(11)15-5-1-7-17-8-2-6-16-17/h2-4,6,8-9,15H,1,5,7,14H2. The number of nitrogens with one attached hydrogen (secondary N) is 1. The molecule has 5 heteroatoms. The predicted molar refractivity (Wildman–Crippen MR) is 73.9 cm³/mol. The second-order valence-electron chi connectivity index (χ2n) is 3.79. The van der Waals surface area contributed by atoms with Crippen LogP contribution < -0.4 is 11.1 Å². The number of nitrogen functional groups attached to an aromatic ring is 1. The molecule has 0 aliphatic heterocycles. The van der Waals surface area contributed by atoms with Crippen LogP contribution in [0.2, 0.25) is 0 Å². The summed E-state index contributed by atoms with van der Waals surface area (Å²) in [5.41, 5.74) is 7.51. The van der Waals surface area contributed by atoms with E-state index in [1.807, 2.05) is 35.1 Å². The molecule has 4 nitrogen and oxygen atoms in total. The van der Waals surface area contributed by atoms with E-state index in [0.29, 0.717) is 0 Å². The molecule has 2 rings (SSSR count). The van der Waals surface area contributed by atoms with E-state index < -0.39 is 0 Å². The normalized spacial score (nSPS) is 10.4. The summed E-state index contributed by atoms with van der Waals surface area (Å²) < 4.78 is 2.93. The lowest BCUT2D eigenvalue weighted by Gasteiger charge is -2.09. The molecule has 0 atom stereocenters. The molecular formula is C12H15BrN4. The maximum absolute atomic E-state index is 5.68. The minimum absolute atomic E-state index is 0.763. The van der Waals surface area contributed by atoms with Gasteiger partial charge in [0.1, 0.15) is 0 Å². The molecule has 17 heavy (non-hydrogen) atoms. The first-order valence-electron chi connectivity index (χ1n) is 5.52. The highest BCUT2D eigenvalue weighted by atomic mass is 79.9. The number of halogens is 1. The molecule has 0 saturated heterocycles. The molecule has 0 unspecified atom stereocenters. The quantitative estimate of drug-likeness (QED) is 0.658. The van der Waals surface area contributed by atoms with Gasteiger partial charge in [-0.2, -0.15) is 5.10 Å². The van der Waals surface area contributed by atoms with Crippen molar-refractivity contribution < 1.29 is 0 Å². The summed E-state index contributed by atoms with van der Waals surface area (Å²) in [5.74, 6) is 0. The Morgan fingerprint density at radius 1 is 1.41 bits per heavy atom. The Hall–Kier alpha value is -1.49. The van der Waals surface area contributed by atoms with Crippen LogP contribution in [0.1, 0.15) is 6.42 Å². The topological polar surface area (TPSA) is 55.9 Å². The summed E-state index contributed by atoms with van der Waals surface area (Å²) in [5, 5.41) is 7.51. The number of benzene rings is 1. The zero-order valence-corrected chi connectivity index (χ0v) is 11.0. The van der Waals surface area contributed by atoms with E-state index in [0.717, 1.165) is 35.4 Å². The Bertz CT molecular complexity index is 467. The molecule has 0 amide bonds. The van der Waals surface area contributed by atoms with Gasteiger partial charge in [-0.25, -0.2) is 0 Å². The van der Waals surface area contributed by atoms with Crippen LogP contribution in [0.25, 0.3) is 0 Å². The Morgan fingerprint density at radius 3 is 3.00 bits per heavy atom. The van der Waals surface area contributed by atoms with E-state index in [1.165, 1.54) is 0 Å². The lowest BCUT2D eigenvalue weighted by molar-refractivity contribution is 0.592. The van der Waals surface area contributed by atoms with Gasteiger partial charge in [0.25, 0.3) is 0 Å². The Kier molecular flexibility index (Phi) is 4.03. The summed E-state index contributed by atoms with van der Waals surface area (Å²) in [7, 11) is 0. The number of aryl methyl sites for hydroxylation is 1.